The number of anilines is 1. The number of hydrogen-bond donors (Lipinski definition) is 1. The molecule has 21 heavy (non-hydrogen) atoms. The normalized spacial score (nSPS) is 14.8. The average molecular weight is 389 g/mol. The van der Waals surface area contributed by atoms with Crippen LogP contribution in [0.2, 0.25) is 10.0 Å². The van der Waals surface area contributed by atoms with Gasteiger partial charge in [0.05, 0.1) is 11.2 Å². The largest absolute Gasteiger partial charge is 0.325 e. The Kier molecular flexibility index (Phi) is 3.95. The maximum atomic E-state index is 14.0. The number of amides is 1. The highest BCUT2D eigenvalue weighted by atomic mass is 79.9. The van der Waals surface area contributed by atoms with Crippen molar-refractivity contribution in [2.75, 3.05) is 5.32 Å². The third-order valence-corrected chi connectivity index (χ3v) is 4.90. The molecule has 0 fully saturated rings. The quantitative estimate of drug-likeness (QED) is 0.711. The molecule has 1 atom stereocenters. The lowest BCUT2D eigenvalue weighted by molar-refractivity contribution is -0.115. The van der Waals surface area contributed by atoms with Crippen LogP contribution in [0.1, 0.15) is 21.5 Å². The number of fused-ring (bicyclic) bond motifs is 1. The summed E-state index contributed by atoms with van der Waals surface area (Å²) in [5, 5.41) is 3.64. The second-order valence-corrected chi connectivity index (χ2v) is 6.54. The van der Waals surface area contributed by atoms with E-state index in [1.807, 2.05) is 6.07 Å². The molecular formula is C15H9BrCl2FNO. The molecule has 0 bridgehead atoms. The molecule has 0 aliphatic carbocycles. The summed E-state index contributed by atoms with van der Waals surface area (Å²) >= 11 is 15.6. The number of hydrogen-bond acceptors (Lipinski definition) is 1. The van der Waals surface area contributed by atoms with Crippen molar-refractivity contribution in [3.05, 3.63) is 62.9 Å². The van der Waals surface area contributed by atoms with Crippen molar-refractivity contribution in [2.24, 2.45) is 0 Å². The zero-order chi connectivity index (χ0) is 15.1. The van der Waals surface area contributed by atoms with Gasteiger partial charge in [-0.15, -0.1) is 0 Å². The van der Waals surface area contributed by atoms with Gasteiger partial charge in [0.1, 0.15) is 5.82 Å². The van der Waals surface area contributed by atoms with Gasteiger partial charge in [-0.25, -0.2) is 4.39 Å². The van der Waals surface area contributed by atoms with Gasteiger partial charge in [0.2, 0.25) is 5.91 Å². The highest BCUT2D eigenvalue weighted by Crippen LogP contribution is 2.40. The fourth-order valence-corrected chi connectivity index (χ4v) is 3.65. The Labute approximate surface area is 139 Å². The minimum Gasteiger partial charge on any atom is -0.325 e. The molecule has 0 spiro atoms. The summed E-state index contributed by atoms with van der Waals surface area (Å²) in [7, 11) is 0. The van der Waals surface area contributed by atoms with Crippen LogP contribution in [-0.4, -0.2) is 5.91 Å². The third-order valence-electron chi connectivity index (χ3n) is 3.35. The maximum Gasteiger partial charge on any atom is 0.228 e. The Bertz CT molecular complexity index is 751. The smallest absolute Gasteiger partial charge is 0.228 e. The molecule has 1 amide bonds. The fraction of sp³-hybridized carbons (Fsp3) is 0.133. The number of alkyl halides is 1. The van der Waals surface area contributed by atoms with Crippen molar-refractivity contribution in [3.63, 3.8) is 0 Å². The molecule has 108 valence electrons. The van der Waals surface area contributed by atoms with Crippen LogP contribution < -0.4 is 5.32 Å². The van der Waals surface area contributed by atoms with Gasteiger partial charge in [-0.3, -0.25) is 4.79 Å². The first-order valence-electron chi connectivity index (χ1n) is 6.17. The van der Waals surface area contributed by atoms with Crippen LogP contribution in [0, 0.1) is 5.82 Å². The van der Waals surface area contributed by atoms with Gasteiger partial charge in [-0.1, -0.05) is 45.2 Å². The zero-order valence-corrected chi connectivity index (χ0v) is 13.7. The molecule has 6 heteroatoms. The SMILES string of the molecule is O=C1Cc2cc(C(Br)c3cc(Cl)ccc3F)c(Cl)cc2N1. The van der Waals surface area contributed by atoms with Crippen molar-refractivity contribution in [1.29, 1.82) is 0 Å². The molecule has 0 radical (unpaired) electrons. The van der Waals surface area contributed by atoms with Crippen molar-refractivity contribution in [2.45, 2.75) is 11.2 Å². The zero-order valence-electron chi connectivity index (χ0n) is 10.6. The fourth-order valence-electron chi connectivity index (χ4n) is 2.34. The predicted molar refractivity (Wildman–Crippen MR) is 86.0 cm³/mol. The van der Waals surface area contributed by atoms with Crippen LogP contribution in [0.25, 0.3) is 0 Å². The number of halogens is 4. The van der Waals surface area contributed by atoms with E-state index in [4.69, 9.17) is 23.2 Å². The van der Waals surface area contributed by atoms with Gasteiger partial charge >= 0.3 is 0 Å². The molecule has 1 unspecified atom stereocenters. The van der Waals surface area contributed by atoms with Crippen molar-refractivity contribution >= 4 is 50.7 Å². The Hall–Kier alpha value is -1.10. The lowest BCUT2D eigenvalue weighted by atomic mass is 10.0. The Balaban J connectivity index is 2.06. The molecule has 2 nitrogen and oxygen atoms in total. The van der Waals surface area contributed by atoms with E-state index >= 15 is 0 Å². The van der Waals surface area contributed by atoms with Gasteiger partial charge in [0.25, 0.3) is 0 Å². The molecule has 3 rings (SSSR count). The maximum absolute atomic E-state index is 14.0. The van der Waals surface area contributed by atoms with E-state index in [0.29, 0.717) is 33.3 Å². The summed E-state index contributed by atoms with van der Waals surface area (Å²) < 4.78 is 14.0. The van der Waals surface area contributed by atoms with Gasteiger partial charge in [-0.05, 0) is 35.4 Å². The first-order chi connectivity index (χ1) is 9.95. The van der Waals surface area contributed by atoms with Crippen LogP contribution in [-0.2, 0) is 11.2 Å². The Morgan fingerprint density at radius 1 is 1.19 bits per heavy atom. The number of carbonyl (C=O) groups excluding carboxylic acids is 1. The molecule has 2 aromatic rings. The summed E-state index contributed by atoms with van der Waals surface area (Å²) in [5.41, 5.74) is 2.67. The number of rotatable bonds is 2. The van der Waals surface area contributed by atoms with E-state index < -0.39 is 4.83 Å². The molecule has 0 saturated carbocycles. The lowest BCUT2D eigenvalue weighted by Crippen LogP contribution is -2.03. The van der Waals surface area contributed by atoms with E-state index in [-0.39, 0.29) is 11.7 Å². The topological polar surface area (TPSA) is 29.1 Å². The number of benzene rings is 2. The van der Waals surface area contributed by atoms with Gasteiger partial charge in [0, 0.05) is 21.3 Å². The van der Waals surface area contributed by atoms with E-state index in [9.17, 15) is 9.18 Å². The highest BCUT2D eigenvalue weighted by molar-refractivity contribution is 9.09. The minimum atomic E-state index is -0.440. The minimum absolute atomic E-state index is 0.0710. The predicted octanol–water partition coefficient (Wildman–Crippen LogP) is 5.11. The lowest BCUT2D eigenvalue weighted by Gasteiger charge is -2.15. The summed E-state index contributed by atoms with van der Waals surface area (Å²) in [5.74, 6) is -0.440. The van der Waals surface area contributed by atoms with Crippen LogP contribution in [0.4, 0.5) is 10.1 Å². The van der Waals surface area contributed by atoms with E-state index in [1.165, 1.54) is 12.1 Å². The summed E-state index contributed by atoms with van der Waals surface area (Å²) in [6, 6.07) is 7.87. The van der Waals surface area contributed by atoms with Crippen molar-refractivity contribution in [3.8, 4) is 0 Å². The summed E-state index contributed by atoms with van der Waals surface area (Å²) in [6.45, 7) is 0. The second-order valence-electron chi connectivity index (χ2n) is 4.78. The summed E-state index contributed by atoms with van der Waals surface area (Å²) in [4.78, 5) is 11.0. The molecule has 1 aliphatic rings. The average Bonchev–Trinajstić information content (AvgIpc) is 2.79. The molecule has 0 aromatic heterocycles. The van der Waals surface area contributed by atoms with Crippen molar-refractivity contribution < 1.29 is 9.18 Å². The standard InChI is InChI=1S/C15H9BrCl2FNO/c16-15(10-5-8(17)1-2-12(10)19)9-3-7-4-14(21)20-13(7)6-11(9)18/h1-3,5-6,15H,4H2,(H,20,21). The first kappa shape index (κ1) is 14.8. The van der Waals surface area contributed by atoms with E-state index in [1.54, 1.807) is 12.1 Å². The molecule has 1 aliphatic heterocycles. The van der Waals surface area contributed by atoms with Crippen molar-refractivity contribution in [1.82, 2.24) is 0 Å². The number of nitrogens with one attached hydrogen (secondary N) is 1. The molecule has 1 N–H and O–H groups in total. The van der Waals surface area contributed by atoms with Gasteiger partial charge in [0.15, 0.2) is 0 Å². The Morgan fingerprint density at radius 3 is 2.71 bits per heavy atom. The molecule has 2 aromatic carbocycles. The van der Waals surface area contributed by atoms with Gasteiger partial charge < -0.3 is 5.32 Å². The summed E-state index contributed by atoms with van der Waals surface area (Å²) in [6.07, 6.45) is 0.303. The van der Waals surface area contributed by atoms with Crippen LogP contribution in [0.3, 0.4) is 0 Å². The highest BCUT2D eigenvalue weighted by Gasteiger charge is 2.24. The molecule has 0 saturated heterocycles. The van der Waals surface area contributed by atoms with Crippen LogP contribution in [0.5, 0.6) is 0 Å². The monoisotopic (exact) mass is 387 g/mol. The molecular weight excluding hydrogens is 380 g/mol. The first-order valence-corrected chi connectivity index (χ1v) is 7.84. The Morgan fingerprint density at radius 2 is 1.95 bits per heavy atom. The van der Waals surface area contributed by atoms with Gasteiger partial charge in [-0.2, -0.15) is 0 Å². The molecule has 1 heterocycles. The van der Waals surface area contributed by atoms with E-state index in [2.05, 4.69) is 21.2 Å². The van der Waals surface area contributed by atoms with Crippen LogP contribution >= 0.6 is 39.1 Å². The van der Waals surface area contributed by atoms with Crippen LogP contribution in [0.15, 0.2) is 30.3 Å². The van der Waals surface area contributed by atoms with E-state index in [0.717, 1.165) is 5.56 Å². The number of carbonyl (C=O) groups is 1. The second kappa shape index (κ2) is 5.59. The third kappa shape index (κ3) is 2.80.